The molecule has 0 bridgehead atoms. The Bertz CT molecular complexity index is 849. The summed E-state index contributed by atoms with van der Waals surface area (Å²) >= 11 is 0. The first-order valence-corrected chi connectivity index (χ1v) is 6.90. The van der Waals surface area contributed by atoms with Crippen molar-refractivity contribution in [3.63, 3.8) is 0 Å². The predicted octanol–water partition coefficient (Wildman–Crippen LogP) is 2.83. The molecule has 1 aromatic heterocycles. The van der Waals surface area contributed by atoms with Crippen LogP contribution >= 0.6 is 0 Å². The first-order valence-electron chi connectivity index (χ1n) is 6.90. The van der Waals surface area contributed by atoms with Gasteiger partial charge in [0.15, 0.2) is 0 Å². The topological polar surface area (TPSA) is 53.7 Å². The lowest BCUT2D eigenvalue weighted by molar-refractivity contribution is -0.0374. The molecule has 110 valence electrons. The Morgan fingerprint density at radius 1 is 1.32 bits per heavy atom. The monoisotopic (exact) mass is 296 g/mol. The molecule has 1 N–H and O–H groups in total. The van der Waals surface area contributed by atoms with E-state index in [2.05, 4.69) is 9.98 Å². The molecule has 0 unspecified atom stereocenters. The fourth-order valence-corrected chi connectivity index (χ4v) is 2.88. The van der Waals surface area contributed by atoms with Crippen molar-refractivity contribution in [3.8, 4) is 5.69 Å². The highest BCUT2D eigenvalue weighted by molar-refractivity contribution is 5.84. The van der Waals surface area contributed by atoms with Crippen LogP contribution in [0.15, 0.2) is 47.2 Å². The molecule has 0 fully saturated rings. The highest BCUT2D eigenvalue weighted by atomic mass is 19.1. The maximum absolute atomic E-state index is 13.8. The fraction of sp³-hybridized carbons (Fsp3) is 0.125. The average Bonchev–Trinajstić information content (AvgIpc) is 3.09. The fourth-order valence-electron chi connectivity index (χ4n) is 2.88. The third-order valence-electron chi connectivity index (χ3n) is 3.81. The number of aromatic nitrogens is 2. The first-order chi connectivity index (χ1) is 10.6. The molecule has 2 aliphatic heterocycles. The van der Waals surface area contributed by atoms with Crippen LogP contribution in [0.4, 0.5) is 4.39 Å². The van der Waals surface area contributed by atoms with Gasteiger partial charge in [-0.1, -0.05) is 0 Å². The third-order valence-corrected chi connectivity index (χ3v) is 3.81. The van der Waals surface area contributed by atoms with E-state index in [-0.39, 0.29) is 12.4 Å². The van der Waals surface area contributed by atoms with Crippen LogP contribution in [-0.4, -0.2) is 26.0 Å². The number of nitrogens with zero attached hydrogens (tertiary/aromatic N) is 4. The largest absolute Gasteiger partial charge is 0.299 e. The van der Waals surface area contributed by atoms with Gasteiger partial charge in [-0.15, -0.1) is 0 Å². The SMILES string of the molecule is Cc1cnc2n1-c1ccc(F)cc1C(=C1C=CC=N1)N(O)C2. The van der Waals surface area contributed by atoms with E-state index < -0.39 is 0 Å². The molecule has 0 saturated heterocycles. The van der Waals surface area contributed by atoms with E-state index >= 15 is 0 Å². The minimum Gasteiger partial charge on any atom is -0.299 e. The third kappa shape index (κ3) is 1.81. The van der Waals surface area contributed by atoms with E-state index in [9.17, 15) is 9.60 Å². The van der Waals surface area contributed by atoms with Crippen molar-refractivity contribution in [2.45, 2.75) is 13.5 Å². The van der Waals surface area contributed by atoms with Gasteiger partial charge in [-0.3, -0.25) is 14.8 Å². The van der Waals surface area contributed by atoms with E-state index in [4.69, 9.17) is 0 Å². The second-order valence-electron chi connectivity index (χ2n) is 5.24. The van der Waals surface area contributed by atoms with Crippen molar-refractivity contribution in [1.29, 1.82) is 0 Å². The summed E-state index contributed by atoms with van der Waals surface area (Å²) in [5.41, 5.74) is 3.36. The molecule has 2 aromatic rings. The first kappa shape index (κ1) is 13.0. The lowest BCUT2D eigenvalue weighted by atomic mass is 10.1. The van der Waals surface area contributed by atoms with Crippen LogP contribution in [0.25, 0.3) is 11.4 Å². The van der Waals surface area contributed by atoms with Gasteiger partial charge in [-0.05, 0) is 37.3 Å². The lowest BCUT2D eigenvalue weighted by Crippen LogP contribution is -2.17. The molecular weight excluding hydrogens is 283 g/mol. The number of imidazole rings is 1. The Balaban J connectivity index is 2.08. The van der Waals surface area contributed by atoms with E-state index in [1.54, 1.807) is 30.6 Å². The Morgan fingerprint density at radius 2 is 2.18 bits per heavy atom. The molecule has 0 spiro atoms. The average molecular weight is 296 g/mol. The van der Waals surface area contributed by atoms with Crippen LogP contribution in [-0.2, 0) is 6.54 Å². The van der Waals surface area contributed by atoms with Gasteiger partial charge < -0.3 is 0 Å². The van der Waals surface area contributed by atoms with Gasteiger partial charge in [-0.2, -0.15) is 0 Å². The molecule has 0 aliphatic carbocycles. The van der Waals surface area contributed by atoms with E-state index in [1.807, 2.05) is 11.5 Å². The van der Waals surface area contributed by atoms with Crippen molar-refractivity contribution >= 4 is 11.9 Å². The molecule has 1 aromatic carbocycles. The zero-order valence-corrected chi connectivity index (χ0v) is 11.9. The number of aryl methyl sites for hydroxylation is 1. The number of hydroxylamine groups is 2. The number of hydrogen-bond donors (Lipinski definition) is 1. The Morgan fingerprint density at radius 3 is 2.95 bits per heavy atom. The standard InChI is InChI=1S/C16H13FN4O/c1-10-8-19-15-9-20(22)16(13-3-2-6-18-13)12-7-11(17)4-5-14(12)21(10)15/h2-8,22H,9H2,1H3. The molecule has 0 saturated carbocycles. The Kier molecular flexibility index (Phi) is 2.74. The number of aliphatic imine (C=N–C) groups is 1. The van der Waals surface area contributed by atoms with Gasteiger partial charge in [0.25, 0.3) is 0 Å². The van der Waals surface area contributed by atoms with Crippen molar-refractivity contribution < 1.29 is 9.60 Å². The van der Waals surface area contributed by atoms with Crippen molar-refractivity contribution in [2.75, 3.05) is 0 Å². The second kappa shape index (κ2) is 4.64. The molecular formula is C16H13FN4O. The maximum atomic E-state index is 13.8. The van der Waals surface area contributed by atoms with E-state index in [0.717, 1.165) is 16.4 Å². The summed E-state index contributed by atoms with van der Waals surface area (Å²) in [5, 5.41) is 11.6. The van der Waals surface area contributed by atoms with E-state index in [1.165, 1.54) is 12.1 Å². The highest BCUT2D eigenvalue weighted by Gasteiger charge is 2.27. The van der Waals surface area contributed by atoms with Crippen molar-refractivity contribution in [3.05, 3.63) is 65.1 Å². The number of benzene rings is 1. The van der Waals surface area contributed by atoms with Crippen molar-refractivity contribution in [2.24, 2.45) is 4.99 Å². The smallest absolute Gasteiger partial charge is 0.135 e. The van der Waals surface area contributed by atoms with Gasteiger partial charge in [0, 0.05) is 23.7 Å². The number of allylic oxidation sites excluding steroid dienone is 2. The summed E-state index contributed by atoms with van der Waals surface area (Å²) in [6.07, 6.45) is 6.95. The zero-order valence-electron chi connectivity index (χ0n) is 11.9. The zero-order chi connectivity index (χ0) is 15.3. The molecule has 5 nitrogen and oxygen atoms in total. The predicted molar refractivity (Wildman–Crippen MR) is 80.1 cm³/mol. The summed E-state index contributed by atoms with van der Waals surface area (Å²) in [6.45, 7) is 2.13. The summed E-state index contributed by atoms with van der Waals surface area (Å²) < 4.78 is 15.7. The number of halogens is 1. The molecule has 0 radical (unpaired) electrons. The number of hydrogen-bond acceptors (Lipinski definition) is 4. The van der Waals surface area contributed by atoms with Crippen LogP contribution in [0, 0.1) is 12.7 Å². The number of fused-ring (bicyclic) bond motifs is 3. The quantitative estimate of drug-likeness (QED) is 0.813. The van der Waals surface area contributed by atoms with Gasteiger partial charge in [0.1, 0.15) is 18.2 Å². The Hall–Kier alpha value is -2.73. The van der Waals surface area contributed by atoms with Crippen LogP contribution in [0.1, 0.15) is 17.1 Å². The molecule has 22 heavy (non-hydrogen) atoms. The molecule has 0 atom stereocenters. The maximum Gasteiger partial charge on any atom is 0.135 e. The molecule has 0 amide bonds. The molecule has 6 heteroatoms. The minimum absolute atomic E-state index is 0.201. The minimum atomic E-state index is -0.363. The van der Waals surface area contributed by atoms with Gasteiger partial charge >= 0.3 is 0 Å². The van der Waals surface area contributed by atoms with Crippen LogP contribution in [0.5, 0.6) is 0 Å². The van der Waals surface area contributed by atoms with Crippen LogP contribution in [0.2, 0.25) is 0 Å². The lowest BCUT2D eigenvalue weighted by Gasteiger charge is -2.19. The van der Waals surface area contributed by atoms with Gasteiger partial charge in [0.2, 0.25) is 0 Å². The summed E-state index contributed by atoms with van der Waals surface area (Å²) in [4.78, 5) is 8.58. The molecule has 3 heterocycles. The van der Waals surface area contributed by atoms with Crippen LogP contribution < -0.4 is 0 Å². The van der Waals surface area contributed by atoms with Gasteiger partial charge in [0.05, 0.1) is 17.1 Å². The highest BCUT2D eigenvalue weighted by Crippen LogP contribution is 2.35. The van der Waals surface area contributed by atoms with Crippen molar-refractivity contribution in [1.82, 2.24) is 14.6 Å². The Labute approximate surface area is 126 Å². The summed E-state index contributed by atoms with van der Waals surface area (Å²) in [5.74, 6) is 0.326. The summed E-state index contributed by atoms with van der Waals surface area (Å²) in [7, 11) is 0. The number of rotatable bonds is 0. The molecule has 4 rings (SSSR count). The normalized spacial score (nSPS) is 19.3. The van der Waals surface area contributed by atoms with Gasteiger partial charge in [-0.25, -0.2) is 14.4 Å². The summed E-state index contributed by atoms with van der Waals surface area (Å²) in [6, 6.07) is 4.52. The van der Waals surface area contributed by atoms with E-state index in [0.29, 0.717) is 22.8 Å². The van der Waals surface area contributed by atoms with Crippen LogP contribution in [0.3, 0.4) is 0 Å². The second-order valence-corrected chi connectivity index (χ2v) is 5.24. The molecule has 2 aliphatic rings.